The molecule has 0 saturated carbocycles. The minimum atomic E-state index is -0.189. The maximum Gasteiger partial charge on any atom is 0.251 e. The molecule has 0 fully saturated rings. The number of carbonyl (C=O) groups is 2. The zero-order valence-electron chi connectivity index (χ0n) is 11.6. The highest BCUT2D eigenvalue weighted by Crippen LogP contribution is 2.17. The summed E-state index contributed by atoms with van der Waals surface area (Å²) in [5, 5.41) is 2.75. The summed E-state index contributed by atoms with van der Waals surface area (Å²) in [6.07, 6.45) is 0.346. The molecule has 0 radical (unpaired) electrons. The van der Waals surface area contributed by atoms with Crippen LogP contribution in [0.3, 0.4) is 0 Å². The summed E-state index contributed by atoms with van der Waals surface area (Å²) in [5.41, 5.74) is 1.27. The molecule has 4 nitrogen and oxygen atoms in total. The molecule has 0 bridgehead atoms. The summed E-state index contributed by atoms with van der Waals surface area (Å²) < 4.78 is 5.04. The molecule has 1 atom stereocenters. The number of methoxy groups -OCH3 is 1. The number of benzene rings is 2. The Bertz CT molecular complexity index is 611. The first-order chi connectivity index (χ1) is 10.2. The zero-order chi connectivity index (χ0) is 15.1. The van der Waals surface area contributed by atoms with Gasteiger partial charge in [0.25, 0.3) is 5.91 Å². The number of carbonyl (C=O) groups excluding carboxylic acids is 2. The van der Waals surface area contributed by atoms with E-state index >= 15 is 0 Å². The first kappa shape index (κ1) is 15.2. The van der Waals surface area contributed by atoms with Gasteiger partial charge in [0.05, 0.1) is 7.11 Å². The molecule has 0 aliphatic rings. The van der Waals surface area contributed by atoms with E-state index in [0.717, 1.165) is 0 Å². The van der Waals surface area contributed by atoms with Crippen LogP contribution in [0, 0.1) is 0 Å². The van der Waals surface area contributed by atoms with Gasteiger partial charge in [-0.15, -0.1) is 0 Å². The molecule has 2 rings (SSSR count). The van der Waals surface area contributed by atoms with Crippen molar-refractivity contribution in [3.05, 3.63) is 65.7 Å². The van der Waals surface area contributed by atoms with Gasteiger partial charge >= 0.3 is 0 Å². The van der Waals surface area contributed by atoms with E-state index in [2.05, 4.69) is 5.32 Å². The molecule has 108 valence electrons. The number of hydrogen-bond acceptors (Lipinski definition) is 3. The lowest BCUT2D eigenvalue weighted by molar-refractivity contribution is 0.0960. The van der Waals surface area contributed by atoms with Crippen molar-refractivity contribution in [3.63, 3.8) is 0 Å². The molecule has 0 heterocycles. The van der Waals surface area contributed by atoms with Crippen LogP contribution in [0.4, 0.5) is 0 Å². The number of hydrogen-bond donors (Lipinski definition) is 1. The van der Waals surface area contributed by atoms with Gasteiger partial charge < -0.3 is 10.1 Å². The fourth-order valence-electron chi connectivity index (χ4n) is 1.74. The van der Waals surface area contributed by atoms with Gasteiger partial charge in [-0.05, 0) is 32.8 Å². The number of rotatable bonds is 6. The monoisotopic (exact) mass is 301 g/mol. The molecule has 0 saturated heterocycles. The maximum absolute atomic E-state index is 11.9. The maximum atomic E-state index is 11.9. The Labute approximate surface area is 125 Å². The third kappa shape index (κ3) is 4.40. The average Bonchev–Trinajstić information content (AvgIpc) is 2.55. The molecule has 1 N–H and O–H groups in total. The Morgan fingerprint density at radius 1 is 1.00 bits per heavy atom. The van der Waals surface area contributed by atoms with Crippen molar-refractivity contribution in [2.24, 2.45) is 0 Å². The first-order valence-electron chi connectivity index (χ1n) is 6.46. The quantitative estimate of drug-likeness (QED) is 0.835. The van der Waals surface area contributed by atoms with E-state index in [1.165, 1.54) is 0 Å². The lowest BCUT2D eigenvalue weighted by atomic mass is 10.2. The van der Waals surface area contributed by atoms with E-state index < -0.39 is 0 Å². The molecule has 2 aromatic carbocycles. The molecule has 0 aliphatic heterocycles. The Morgan fingerprint density at radius 3 is 2.29 bits per heavy atom. The van der Waals surface area contributed by atoms with E-state index in [1.54, 1.807) is 43.5 Å². The van der Waals surface area contributed by atoms with Crippen LogP contribution in [0.2, 0.25) is 0 Å². The molecular weight excluding hydrogens is 285 g/mol. The second-order valence-electron chi connectivity index (χ2n) is 4.28. The zero-order valence-corrected chi connectivity index (χ0v) is 12.6. The lowest BCUT2D eigenvalue weighted by Crippen LogP contribution is -2.22. The second-order valence-corrected chi connectivity index (χ2v) is 5.44. The van der Waals surface area contributed by atoms with Gasteiger partial charge in [-0.25, -0.2) is 0 Å². The van der Waals surface area contributed by atoms with Gasteiger partial charge in [-0.2, -0.15) is 0 Å². The molecule has 2 aromatic rings. The van der Waals surface area contributed by atoms with Crippen LogP contribution in [0.15, 0.2) is 54.6 Å². The van der Waals surface area contributed by atoms with Crippen molar-refractivity contribution in [1.29, 1.82) is 0 Å². The summed E-state index contributed by atoms with van der Waals surface area (Å²) in [6.45, 7) is 0. The molecule has 1 amide bonds. The van der Waals surface area contributed by atoms with Gasteiger partial charge in [0, 0.05) is 17.4 Å². The fraction of sp³-hybridized carbons (Fsp3) is 0.125. The summed E-state index contributed by atoms with van der Waals surface area (Å²) in [4.78, 5) is 23.8. The van der Waals surface area contributed by atoms with Crippen molar-refractivity contribution in [2.75, 3.05) is 13.4 Å². The molecule has 5 heteroatoms. The van der Waals surface area contributed by atoms with E-state index in [9.17, 15) is 9.59 Å². The molecule has 1 unspecified atom stereocenters. The highest BCUT2D eigenvalue weighted by molar-refractivity contribution is 7.58. The van der Waals surface area contributed by atoms with Crippen LogP contribution in [0.1, 0.15) is 20.7 Å². The standard InChI is InChI=1S/C16H16NO3P/c1-20-14-9-7-12(8-10-14)15(18)17-11-21-16(19)13-5-3-2-4-6-13/h2-10,21H,11H2,1H3,(H,17,18). The number of nitrogens with one attached hydrogen (secondary N) is 1. The first-order valence-corrected chi connectivity index (χ1v) is 7.67. The summed E-state index contributed by atoms with van der Waals surface area (Å²) in [6, 6.07) is 15.9. The molecule has 0 aromatic heterocycles. The predicted octanol–water partition coefficient (Wildman–Crippen LogP) is 2.90. The molecule has 0 aliphatic carbocycles. The van der Waals surface area contributed by atoms with Gasteiger partial charge in [0.1, 0.15) is 5.75 Å². The third-order valence-electron chi connectivity index (χ3n) is 2.89. The number of amides is 1. The third-order valence-corrected chi connectivity index (χ3v) is 3.85. The average molecular weight is 301 g/mol. The Hall–Kier alpha value is -2.19. The second kappa shape index (κ2) is 7.55. The van der Waals surface area contributed by atoms with E-state index in [0.29, 0.717) is 23.2 Å². The van der Waals surface area contributed by atoms with Crippen LogP contribution >= 0.6 is 8.58 Å². The number of ether oxygens (including phenoxy) is 1. The van der Waals surface area contributed by atoms with E-state index in [-0.39, 0.29) is 20.0 Å². The fourth-order valence-corrected chi connectivity index (χ4v) is 2.52. The Balaban J connectivity index is 1.82. The van der Waals surface area contributed by atoms with Gasteiger partial charge in [0.15, 0.2) is 5.52 Å². The van der Waals surface area contributed by atoms with Gasteiger partial charge in [-0.1, -0.05) is 30.3 Å². The van der Waals surface area contributed by atoms with Crippen LogP contribution in [-0.2, 0) is 0 Å². The van der Waals surface area contributed by atoms with E-state index in [4.69, 9.17) is 4.74 Å². The molecule has 21 heavy (non-hydrogen) atoms. The van der Waals surface area contributed by atoms with Crippen molar-refractivity contribution < 1.29 is 14.3 Å². The van der Waals surface area contributed by atoms with E-state index in [1.807, 2.05) is 18.2 Å². The lowest BCUT2D eigenvalue weighted by Gasteiger charge is -2.06. The molecular formula is C16H16NO3P. The largest absolute Gasteiger partial charge is 0.497 e. The summed E-state index contributed by atoms with van der Waals surface area (Å²) in [7, 11) is 1.60. The minimum Gasteiger partial charge on any atom is -0.497 e. The van der Waals surface area contributed by atoms with Crippen molar-refractivity contribution in [3.8, 4) is 5.75 Å². The SMILES string of the molecule is COc1ccc(C(=O)NCPC(=O)c2ccccc2)cc1. The molecule has 0 spiro atoms. The highest BCUT2D eigenvalue weighted by Gasteiger charge is 2.08. The van der Waals surface area contributed by atoms with Gasteiger partial charge in [0.2, 0.25) is 0 Å². The normalized spacial score (nSPS) is 10.5. The topological polar surface area (TPSA) is 55.4 Å². The van der Waals surface area contributed by atoms with Gasteiger partial charge in [-0.3, -0.25) is 9.59 Å². The van der Waals surface area contributed by atoms with Crippen molar-refractivity contribution in [2.45, 2.75) is 0 Å². The predicted molar refractivity (Wildman–Crippen MR) is 84.4 cm³/mol. The smallest absolute Gasteiger partial charge is 0.251 e. The van der Waals surface area contributed by atoms with Crippen LogP contribution in [0.5, 0.6) is 5.75 Å². The van der Waals surface area contributed by atoms with Crippen molar-refractivity contribution >= 4 is 20.0 Å². The summed E-state index contributed by atoms with van der Waals surface area (Å²) >= 11 is 0. The highest BCUT2D eigenvalue weighted by atomic mass is 31.1. The minimum absolute atomic E-state index is 0.0233. The Morgan fingerprint density at radius 2 is 1.67 bits per heavy atom. The van der Waals surface area contributed by atoms with Crippen LogP contribution < -0.4 is 10.1 Å². The van der Waals surface area contributed by atoms with Crippen molar-refractivity contribution in [1.82, 2.24) is 5.32 Å². The van der Waals surface area contributed by atoms with Crippen LogP contribution in [-0.4, -0.2) is 24.8 Å². The summed E-state index contributed by atoms with van der Waals surface area (Å²) in [5.74, 6) is 0.513. The van der Waals surface area contributed by atoms with Crippen LogP contribution in [0.25, 0.3) is 0 Å². The Kier molecular flexibility index (Phi) is 5.47.